The van der Waals surface area contributed by atoms with E-state index in [1.807, 2.05) is 33.3 Å². The molecule has 0 saturated heterocycles. The summed E-state index contributed by atoms with van der Waals surface area (Å²) in [5, 5.41) is 0. The van der Waals surface area contributed by atoms with Crippen molar-refractivity contribution >= 4 is 25.7 Å². The quantitative estimate of drug-likeness (QED) is 0.664. The number of halogens is 1. The largest absolute Gasteiger partial charge is 0.298 e. The minimum atomic E-state index is -1.18. The van der Waals surface area contributed by atoms with Crippen molar-refractivity contribution < 1.29 is 4.79 Å². The Hall–Kier alpha value is 0.310. The zero-order valence-electron chi connectivity index (χ0n) is 7.90. The highest BCUT2D eigenvalue weighted by molar-refractivity contribution is 8.50. The van der Waals surface area contributed by atoms with Gasteiger partial charge in [-0.2, -0.15) is 9.24 Å². The Morgan fingerprint density at radius 3 is 1.82 bits per heavy atom. The first-order chi connectivity index (χ1) is 4.63. The van der Waals surface area contributed by atoms with E-state index in [2.05, 4.69) is 0 Å². The average molecular weight is 197 g/mol. The minimum Gasteiger partial charge on any atom is -0.298 e. The van der Waals surface area contributed by atoms with E-state index in [1.165, 1.54) is 0 Å². The van der Waals surface area contributed by atoms with Crippen molar-refractivity contribution in [2.45, 2.75) is 20.8 Å². The monoisotopic (exact) mass is 196 g/mol. The maximum atomic E-state index is 11.4. The molecule has 0 unspecified atom stereocenters. The topological polar surface area (TPSA) is 17.1 Å². The molecule has 68 valence electrons. The molecule has 0 spiro atoms. The first-order valence-corrected chi connectivity index (χ1v) is 7.01. The SMILES string of the molecule is CC(C)(C)C(=O)CS(C)(C)Cl. The molecule has 0 aliphatic rings. The van der Waals surface area contributed by atoms with Crippen molar-refractivity contribution in [3.05, 3.63) is 0 Å². The average Bonchev–Trinajstić information content (AvgIpc) is 1.56. The summed E-state index contributed by atoms with van der Waals surface area (Å²) in [7, 11) is 4.81. The second-order valence-corrected chi connectivity index (χ2v) is 9.82. The summed E-state index contributed by atoms with van der Waals surface area (Å²) in [4.78, 5) is 11.4. The molecule has 11 heavy (non-hydrogen) atoms. The number of hydrogen-bond donors (Lipinski definition) is 0. The molecule has 0 aromatic heterocycles. The molecule has 0 heterocycles. The van der Waals surface area contributed by atoms with Gasteiger partial charge in [-0.25, -0.2) is 0 Å². The van der Waals surface area contributed by atoms with Gasteiger partial charge >= 0.3 is 0 Å². The van der Waals surface area contributed by atoms with Gasteiger partial charge in [-0.15, -0.1) is 0 Å². The molecule has 3 heteroatoms. The van der Waals surface area contributed by atoms with E-state index in [1.54, 1.807) is 0 Å². The van der Waals surface area contributed by atoms with Crippen LogP contribution in [-0.4, -0.2) is 24.0 Å². The zero-order valence-corrected chi connectivity index (χ0v) is 9.47. The summed E-state index contributed by atoms with van der Waals surface area (Å²) in [6, 6.07) is 0. The van der Waals surface area contributed by atoms with Crippen molar-refractivity contribution in [2.75, 3.05) is 18.3 Å². The molecule has 0 atom stereocenters. The predicted octanol–water partition coefficient (Wildman–Crippen LogP) is 2.82. The fourth-order valence-corrected chi connectivity index (χ4v) is 1.88. The Kier molecular flexibility index (Phi) is 3.45. The maximum Gasteiger partial charge on any atom is 0.147 e. The summed E-state index contributed by atoms with van der Waals surface area (Å²) in [6.07, 6.45) is 3.89. The molecule has 0 saturated carbocycles. The fourth-order valence-electron chi connectivity index (χ4n) is 0.528. The molecule has 0 aliphatic heterocycles. The number of carbonyl (C=O) groups is 1. The molecule has 0 amide bonds. The van der Waals surface area contributed by atoms with Gasteiger partial charge in [0.25, 0.3) is 0 Å². The lowest BCUT2D eigenvalue weighted by Crippen LogP contribution is -2.24. The van der Waals surface area contributed by atoms with Crippen LogP contribution in [0.15, 0.2) is 0 Å². The summed E-state index contributed by atoms with van der Waals surface area (Å²) in [6.45, 7) is 5.78. The molecule has 0 radical (unpaired) electrons. The highest BCUT2D eigenvalue weighted by atomic mass is 35.7. The Bertz CT molecular complexity index is 152. The van der Waals surface area contributed by atoms with Gasteiger partial charge in [0.15, 0.2) is 0 Å². The molecular formula is C8H17ClOS. The maximum absolute atomic E-state index is 11.4. The molecule has 1 nitrogen and oxygen atoms in total. The highest BCUT2D eigenvalue weighted by Gasteiger charge is 2.24. The van der Waals surface area contributed by atoms with Crippen LogP contribution in [0.25, 0.3) is 0 Å². The van der Waals surface area contributed by atoms with E-state index in [0.29, 0.717) is 5.75 Å². The van der Waals surface area contributed by atoms with Crippen LogP contribution < -0.4 is 0 Å². The number of Topliss-reactive ketones (excluding diaryl/α,β-unsaturated/α-hetero) is 1. The number of hydrogen-bond acceptors (Lipinski definition) is 1. The number of carbonyl (C=O) groups excluding carboxylic acids is 1. The van der Waals surface area contributed by atoms with Gasteiger partial charge in [-0.3, -0.25) is 4.79 Å². The second-order valence-electron chi connectivity index (χ2n) is 4.22. The van der Waals surface area contributed by atoms with Crippen LogP contribution >= 0.6 is 19.9 Å². The van der Waals surface area contributed by atoms with E-state index < -0.39 is 9.24 Å². The van der Waals surface area contributed by atoms with Gasteiger partial charge in [0.05, 0.1) is 0 Å². The van der Waals surface area contributed by atoms with Gasteiger partial charge < -0.3 is 0 Å². The third-order valence-corrected chi connectivity index (χ3v) is 2.59. The fraction of sp³-hybridized carbons (Fsp3) is 0.875. The summed E-state index contributed by atoms with van der Waals surface area (Å²) < 4.78 is 0. The molecule has 0 aromatic carbocycles. The Labute approximate surface area is 75.3 Å². The molecule has 0 aromatic rings. The van der Waals surface area contributed by atoms with Crippen LogP contribution in [0.3, 0.4) is 0 Å². The van der Waals surface area contributed by atoms with E-state index >= 15 is 0 Å². The molecular weight excluding hydrogens is 180 g/mol. The van der Waals surface area contributed by atoms with Crippen LogP contribution in [0.2, 0.25) is 0 Å². The molecule has 0 aliphatic carbocycles. The Balaban J connectivity index is 4.11. The standard InChI is InChI=1S/C8H17ClOS/c1-8(2,3)7(10)6-11(4,5)9/h6H2,1-5H3. The van der Waals surface area contributed by atoms with E-state index in [9.17, 15) is 4.79 Å². The summed E-state index contributed by atoms with van der Waals surface area (Å²) in [5.74, 6) is 0.783. The van der Waals surface area contributed by atoms with Gasteiger partial charge in [0.1, 0.15) is 5.78 Å². The summed E-state index contributed by atoms with van der Waals surface area (Å²) >= 11 is 0. The van der Waals surface area contributed by atoms with E-state index in [-0.39, 0.29) is 11.2 Å². The van der Waals surface area contributed by atoms with Crippen molar-refractivity contribution in [2.24, 2.45) is 5.41 Å². The van der Waals surface area contributed by atoms with Crippen LogP contribution in [0, 0.1) is 5.41 Å². The van der Waals surface area contributed by atoms with Crippen LogP contribution in [0.1, 0.15) is 20.8 Å². The molecule has 0 N–H and O–H groups in total. The Morgan fingerprint density at radius 1 is 1.36 bits per heavy atom. The van der Waals surface area contributed by atoms with Gasteiger partial charge in [-0.05, 0) is 12.5 Å². The normalized spacial score (nSPS) is 14.7. The zero-order chi connectivity index (χ0) is 9.28. The Morgan fingerprint density at radius 2 is 1.73 bits per heavy atom. The van der Waals surface area contributed by atoms with Crippen molar-refractivity contribution in [3.8, 4) is 0 Å². The molecule has 0 bridgehead atoms. The smallest absolute Gasteiger partial charge is 0.147 e. The van der Waals surface area contributed by atoms with Gasteiger partial charge in [0, 0.05) is 11.2 Å². The first-order valence-electron chi connectivity index (χ1n) is 3.57. The number of ketones is 1. The van der Waals surface area contributed by atoms with E-state index in [4.69, 9.17) is 10.7 Å². The van der Waals surface area contributed by atoms with Crippen molar-refractivity contribution in [1.29, 1.82) is 0 Å². The van der Waals surface area contributed by atoms with Gasteiger partial charge in [0.2, 0.25) is 0 Å². The van der Waals surface area contributed by atoms with Crippen LogP contribution in [0.5, 0.6) is 0 Å². The third kappa shape index (κ3) is 5.57. The predicted molar refractivity (Wildman–Crippen MR) is 54.6 cm³/mol. The third-order valence-electron chi connectivity index (χ3n) is 1.31. The lowest BCUT2D eigenvalue weighted by Gasteiger charge is -2.25. The second kappa shape index (κ2) is 3.36. The highest BCUT2D eigenvalue weighted by Crippen LogP contribution is 2.46. The minimum absolute atomic E-state index is 0.237. The number of rotatable bonds is 2. The molecule has 0 fully saturated rings. The first kappa shape index (κ1) is 11.3. The van der Waals surface area contributed by atoms with Gasteiger partial charge in [-0.1, -0.05) is 31.5 Å². The van der Waals surface area contributed by atoms with E-state index in [0.717, 1.165) is 0 Å². The van der Waals surface area contributed by atoms with Crippen molar-refractivity contribution in [1.82, 2.24) is 0 Å². The van der Waals surface area contributed by atoms with Crippen LogP contribution in [-0.2, 0) is 4.79 Å². The lowest BCUT2D eigenvalue weighted by molar-refractivity contribution is -0.123. The lowest BCUT2D eigenvalue weighted by atomic mass is 9.92. The summed E-state index contributed by atoms with van der Waals surface area (Å²) in [5.41, 5.74) is -0.237. The van der Waals surface area contributed by atoms with Crippen LogP contribution in [0.4, 0.5) is 0 Å². The molecule has 0 rings (SSSR count). The van der Waals surface area contributed by atoms with Crippen molar-refractivity contribution in [3.63, 3.8) is 0 Å².